The molecule has 2 aromatic rings. The van der Waals surface area contributed by atoms with E-state index in [1.807, 2.05) is 6.07 Å². The van der Waals surface area contributed by atoms with Gasteiger partial charge in [-0.2, -0.15) is 0 Å². The second kappa shape index (κ2) is 6.58. The number of rotatable bonds is 7. The third-order valence-corrected chi connectivity index (χ3v) is 4.71. The maximum absolute atomic E-state index is 5.86. The maximum Gasteiger partial charge on any atom is 0.131 e. The van der Waals surface area contributed by atoms with Crippen LogP contribution in [-0.4, -0.2) is 11.0 Å². The average Bonchev–Trinajstić information content (AvgIpc) is 3.19. The Hall–Kier alpha value is -1.39. The first-order valence-electron chi connectivity index (χ1n) is 7.60. The maximum atomic E-state index is 5.86. The lowest BCUT2D eigenvalue weighted by molar-refractivity contribution is 0.301. The lowest BCUT2D eigenvalue weighted by Gasteiger charge is -2.07. The Balaban J connectivity index is 1.54. The van der Waals surface area contributed by atoms with Crippen LogP contribution in [0.25, 0.3) is 0 Å². The zero-order chi connectivity index (χ0) is 14.7. The largest absolute Gasteiger partial charge is 0.487 e. The molecule has 0 unspecified atom stereocenters. The van der Waals surface area contributed by atoms with Gasteiger partial charge in [0.05, 0.1) is 10.7 Å². The summed E-state index contributed by atoms with van der Waals surface area (Å²) in [6.45, 7) is 5.80. The van der Waals surface area contributed by atoms with Crippen molar-refractivity contribution in [1.82, 2.24) is 10.3 Å². The quantitative estimate of drug-likeness (QED) is 0.836. The van der Waals surface area contributed by atoms with Gasteiger partial charge >= 0.3 is 0 Å². The molecule has 1 aliphatic rings. The normalized spacial score (nSPS) is 14.6. The molecule has 0 bridgehead atoms. The molecule has 1 aliphatic carbocycles. The molecule has 1 N–H and O–H groups in total. The molecule has 0 saturated heterocycles. The Kier molecular flexibility index (Phi) is 4.56. The smallest absolute Gasteiger partial charge is 0.131 e. The summed E-state index contributed by atoms with van der Waals surface area (Å²) >= 11 is 1.71. The fourth-order valence-corrected chi connectivity index (χ4v) is 2.93. The van der Waals surface area contributed by atoms with Gasteiger partial charge in [0, 0.05) is 23.9 Å². The highest BCUT2D eigenvalue weighted by atomic mass is 32.1. The van der Waals surface area contributed by atoms with Crippen molar-refractivity contribution >= 4 is 11.3 Å². The first-order chi connectivity index (χ1) is 10.2. The van der Waals surface area contributed by atoms with Gasteiger partial charge in [-0.1, -0.05) is 26.0 Å². The number of hydrogen-bond acceptors (Lipinski definition) is 4. The van der Waals surface area contributed by atoms with Gasteiger partial charge in [0.15, 0.2) is 0 Å². The molecule has 0 aliphatic heterocycles. The molecule has 0 amide bonds. The predicted molar refractivity (Wildman–Crippen MR) is 86.8 cm³/mol. The summed E-state index contributed by atoms with van der Waals surface area (Å²) in [6.07, 6.45) is 2.64. The molecular weight excluding hydrogens is 280 g/mol. The van der Waals surface area contributed by atoms with Crippen molar-refractivity contribution in [3.05, 3.63) is 45.9 Å². The van der Waals surface area contributed by atoms with Crippen molar-refractivity contribution in [2.24, 2.45) is 0 Å². The zero-order valence-electron chi connectivity index (χ0n) is 12.6. The fraction of sp³-hybridized carbons (Fsp3) is 0.471. The molecule has 3 nitrogen and oxygen atoms in total. The Morgan fingerprint density at radius 2 is 2.24 bits per heavy atom. The van der Waals surface area contributed by atoms with E-state index in [1.54, 1.807) is 11.3 Å². The van der Waals surface area contributed by atoms with E-state index in [2.05, 4.69) is 47.7 Å². The third kappa shape index (κ3) is 4.29. The SMILES string of the molecule is CC(C)c1nc(COc2cccc(CNC3CC3)c2)cs1. The minimum Gasteiger partial charge on any atom is -0.487 e. The van der Waals surface area contributed by atoms with Gasteiger partial charge in [0.25, 0.3) is 0 Å². The van der Waals surface area contributed by atoms with Crippen molar-refractivity contribution in [1.29, 1.82) is 0 Å². The van der Waals surface area contributed by atoms with Crippen molar-refractivity contribution in [2.75, 3.05) is 0 Å². The molecule has 1 fully saturated rings. The van der Waals surface area contributed by atoms with Crippen LogP contribution in [0, 0.1) is 0 Å². The molecule has 1 aromatic heterocycles. The Labute approximate surface area is 130 Å². The first-order valence-corrected chi connectivity index (χ1v) is 8.48. The van der Waals surface area contributed by atoms with Gasteiger partial charge in [0.1, 0.15) is 12.4 Å². The van der Waals surface area contributed by atoms with Crippen LogP contribution in [0.5, 0.6) is 5.75 Å². The van der Waals surface area contributed by atoms with Crippen LogP contribution in [0.1, 0.15) is 48.9 Å². The highest BCUT2D eigenvalue weighted by Crippen LogP contribution is 2.22. The van der Waals surface area contributed by atoms with Gasteiger partial charge < -0.3 is 10.1 Å². The predicted octanol–water partition coefficient (Wildman–Crippen LogP) is 4.10. The number of aromatic nitrogens is 1. The van der Waals surface area contributed by atoms with Gasteiger partial charge in [-0.15, -0.1) is 11.3 Å². The van der Waals surface area contributed by atoms with Gasteiger partial charge in [-0.3, -0.25) is 0 Å². The summed E-state index contributed by atoms with van der Waals surface area (Å²) in [7, 11) is 0. The minimum absolute atomic E-state index is 0.487. The minimum atomic E-state index is 0.487. The summed E-state index contributed by atoms with van der Waals surface area (Å²) in [5, 5.41) is 6.79. The molecule has 4 heteroatoms. The van der Waals surface area contributed by atoms with Crippen molar-refractivity contribution in [3.8, 4) is 5.75 Å². The monoisotopic (exact) mass is 302 g/mol. The standard InChI is InChI=1S/C17H22N2OS/c1-12(2)17-19-15(11-21-17)10-20-16-5-3-4-13(8-16)9-18-14-6-7-14/h3-5,8,11-12,14,18H,6-7,9-10H2,1-2H3. The van der Waals surface area contributed by atoms with E-state index in [1.165, 1.54) is 23.4 Å². The molecule has 3 rings (SSSR count). The second-order valence-corrected chi connectivity index (χ2v) is 6.81. The Bertz CT molecular complexity index is 590. The third-order valence-electron chi connectivity index (χ3n) is 3.52. The summed E-state index contributed by atoms with van der Waals surface area (Å²) in [6, 6.07) is 9.06. The van der Waals surface area contributed by atoms with E-state index < -0.39 is 0 Å². The van der Waals surface area contributed by atoms with Crippen molar-refractivity contribution < 1.29 is 4.74 Å². The van der Waals surface area contributed by atoms with Gasteiger partial charge in [-0.05, 0) is 30.5 Å². The van der Waals surface area contributed by atoms with E-state index in [4.69, 9.17) is 4.74 Å². The van der Waals surface area contributed by atoms with Gasteiger partial charge in [0.2, 0.25) is 0 Å². The van der Waals surface area contributed by atoms with Crippen LogP contribution < -0.4 is 10.1 Å². The highest BCUT2D eigenvalue weighted by molar-refractivity contribution is 7.09. The summed E-state index contributed by atoms with van der Waals surface area (Å²) < 4.78 is 5.86. The fourth-order valence-electron chi connectivity index (χ4n) is 2.11. The number of thiazole rings is 1. The molecule has 0 atom stereocenters. The zero-order valence-corrected chi connectivity index (χ0v) is 13.5. The van der Waals surface area contributed by atoms with E-state index in [0.29, 0.717) is 12.5 Å². The molecule has 1 heterocycles. The van der Waals surface area contributed by atoms with Crippen LogP contribution in [-0.2, 0) is 13.2 Å². The van der Waals surface area contributed by atoms with Crippen LogP contribution in [0.2, 0.25) is 0 Å². The molecule has 0 radical (unpaired) electrons. The molecule has 21 heavy (non-hydrogen) atoms. The highest BCUT2D eigenvalue weighted by Gasteiger charge is 2.19. The van der Waals surface area contributed by atoms with Gasteiger partial charge in [-0.25, -0.2) is 4.98 Å². The van der Waals surface area contributed by atoms with E-state index in [9.17, 15) is 0 Å². The van der Waals surface area contributed by atoms with Crippen LogP contribution in [0.15, 0.2) is 29.6 Å². The Morgan fingerprint density at radius 1 is 1.38 bits per heavy atom. The van der Waals surface area contributed by atoms with Crippen LogP contribution in [0.3, 0.4) is 0 Å². The lowest BCUT2D eigenvalue weighted by Crippen LogP contribution is -2.15. The topological polar surface area (TPSA) is 34.1 Å². The lowest BCUT2D eigenvalue weighted by atomic mass is 10.2. The number of benzene rings is 1. The van der Waals surface area contributed by atoms with E-state index in [0.717, 1.165) is 24.0 Å². The van der Waals surface area contributed by atoms with Crippen molar-refractivity contribution in [3.63, 3.8) is 0 Å². The first kappa shape index (κ1) is 14.5. The summed E-state index contributed by atoms with van der Waals surface area (Å²) in [5.74, 6) is 1.41. The molecular formula is C17H22N2OS. The number of nitrogens with one attached hydrogen (secondary N) is 1. The molecule has 0 spiro atoms. The summed E-state index contributed by atoms with van der Waals surface area (Å²) in [4.78, 5) is 4.60. The number of hydrogen-bond donors (Lipinski definition) is 1. The Morgan fingerprint density at radius 3 is 2.95 bits per heavy atom. The van der Waals surface area contributed by atoms with Crippen LogP contribution >= 0.6 is 11.3 Å². The van der Waals surface area contributed by atoms with Crippen molar-refractivity contribution in [2.45, 2.75) is 51.8 Å². The average molecular weight is 302 g/mol. The number of nitrogens with zero attached hydrogens (tertiary/aromatic N) is 1. The summed E-state index contributed by atoms with van der Waals surface area (Å²) in [5.41, 5.74) is 2.30. The van der Waals surface area contributed by atoms with E-state index in [-0.39, 0.29) is 0 Å². The van der Waals surface area contributed by atoms with Crippen LogP contribution in [0.4, 0.5) is 0 Å². The molecule has 112 valence electrons. The van der Waals surface area contributed by atoms with E-state index >= 15 is 0 Å². The molecule has 1 saturated carbocycles. The molecule has 1 aromatic carbocycles. The second-order valence-electron chi connectivity index (χ2n) is 5.92. The number of ether oxygens (including phenoxy) is 1.